The van der Waals surface area contributed by atoms with Gasteiger partial charge in [-0.15, -0.1) is 11.3 Å². The van der Waals surface area contributed by atoms with E-state index in [-0.39, 0.29) is 12.1 Å². The molecule has 110 valence electrons. The second-order valence-corrected chi connectivity index (χ2v) is 7.10. The summed E-state index contributed by atoms with van der Waals surface area (Å²) in [7, 11) is 1.69. The second kappa shape index (κ2) is 6.74. The normalized spacial score (nSPS) is 12.9. The van der Waals surface area contributed by atoms with E-state index in [1.807, 2.05) is 4.68 Å². The van der Waals surface area contributed by atoms with Crippen LogP contribution < -0.4 is 10.1 Å². The summed E-state index contributed by atoms with van der Waals surface area (Å²) in [5.41, 5.74) is 2.30. The van der Waals surface area contributed by atoms with Crippen LogP contribution >= 0.6 is 27.3 Å². The van der Waals surface area contributed by atoms with Gasteiger partial charge in [0.2, 0.25) is 0 Å². The predicted octanol–water partition coefficient (Wildman–Crippen LogP) is 4.00. The Labute approximate surface area is 132 Å². The minimum absolute atomic E-state index is 0.0856. The molecule has 0 saturated heterocycles. The molecule has 6 heteroatoms. The van der Waals surface area contributed by atoms with Crippen molar-refractivity contribution in [1.29, 1.82) is 0 Å². The molecular weight excluding hydrogens is 338 g/mol. The SMILES string of the molecule is CCNC(c1csc(Br)c1)c1c(OC)cnn1C(C)C. The van der Waals surface area contributed by atoms with Crippen LogP contribution in [-0.4, -0.2) is 23.4 Å². The van der Waals surface area contributed by atoms with Crippen molar-refractivity contribution in [2.45, 2.75) is 32.9 Å². The van der Waals surface area contributed by atoms with Crippen molar-refractivity contribution in [2.75, 3.05) is 13.7 Å². The van der Waals surface area contributed by atoms with E-state index in [0.717, 1.165) is 21.8 Å². The molecule has 0 amide bonds. The van der Waals surface area contributed by atoms with Gasteiger partial charge < -0.3 is 10.1 Å². The molecule has 0 bridgehead atoms. The summed E-state index contributed by atoms with van der Waals surface area (Å²) in [6, 6.07) is 2.52. The summed E-state index contributed by atoms with van der Waals surface area (Å²) >= 11 is 5.22. The Morgan fingerprint density at radius 3 is 2.75 bits per heavy atom. The lowest BCUT2D eigenvalue weighted by Gasteiger charge is -2.21. The van der Waals surface area contributed by atoms with Crippen LogP contribution in [0.4, 0.5) is 0 Å². The van der Waals surface area contributed by atoms with E-state index in [1.54, 1.807) is 24.6 Å². The molecule has 2 rings (SSSR count). The first-order valence-electron chi connectivity index (χ1n) is 6.67. The number of methoxy groups -OCH3 is 1. The fraction of sp³-hybridized carbons (Fsp3) is 0.500. The van der Waals surface area contributed by atoms with Crippen LogP contribution in [0.3, 0.4) is 0 Å². The van der Waals surface area contributed by atoms with Gasteiger partial charge in [-0.2, -0.15) is 5.10 Å². The highest BCUT2D eigenvalue weighted by molar-refractivity contribution is 9.11. The quantitative estimate of drug-likeness (QED) is 0.849. The largest absolute Gasteiger partial charge is 0.493 e. The highest BCUT2D eigenvalue weighted by Gasteiger charge is 2.24. The maximum Gasteiger partial charge on any atom is 0.161 e. The molecule has 1 N–H and O–H groups in total. The summed E-state index contributed by atoms with van der Waals surface area (Å²) < 4.78 is 8.66. The van der Waals surface area contributed by atoms with Crippen molar-refractivity contribution in [1.82, 2.24) is 15.1 Å². The third-order valence-corrected chi connectivity index (χ3v) is 4.63. The Morgan fingerprint density at radius 1 is 1.50 bits per heavy atom. The van der Waals surface area contributed by atoms with Crippen LogP contribution in [0.25, 0.3) is 0 Å². The summed E-state index contributed by atoms with van der Waals surface area (Å²) in [4.78, 5) is 0. The number of halogens is 1. The maximum atomic E-state index is 5.50. The molecule has 0 spiro atoms. The lowest BCUT2D eigenvalue weighted by molar-refractivity contribution is 0.394. The van der Waals surface area contributed by atoms with Gasteiger partial charge in [0.25, 0.3) is 0 Å². The third-order valence-electron chi connectivity index (χ3n) is 3.11. The summed E-state index contributed by atoms with van der Waals surface area (Å²) in [6.45, 7) is 7.24. The lowest BCUT2D eigenvalue weighted by Crippen LogP contribution is -2.25. The number of aromatic nitrogens is 2. The van der Waals surface area contributed by atoms with E-state index in [0.29, 0.717) is 0 Å². The molecule has 0 fully saturated rings. The first-order valence-corrected chi connectivity index (χ1v) is 8.34. The fourth-order valence-corrected chi connectivity index (χ4v) is 3.45. The Hall–Kier alpha value is -0.850. The van der Waals surface area contributed by atoms with E-state index >= 15 is 0 Å². The molecule has 2 heterocycles. The lowest BCUT2D eigenvalue weighted by atomic mass is 10.1. The molecule has 2 aromatic rings. The molecule has 0 aliphatic rings. The van der Waals surface area contributed by atoms with Crippen molar-refractivity contribution in [3.05, 3.63) is 32.7 Å². The smallest absolute Gasteiger partial charge is 0.161 e. The van der Waals surface area contributed by atoms with Crippen LogP contribution in [0.15, 0.2) is 21.4 Å². The zero-order chi connectivity index (χ0) is 14.7. The van der Waals surface area contributed by atoms with Crippen LogP contribution in [-0.2, 0) is 0 Å². The Balaban J connectivity index is 2.50. The van der Waals surface area contributed by atoms with E-state index in [1.165, 1.54) is 5.56 Å². The molecule has 0 aliphatic heterocycles. The maximum absolute atomic E-state index is 5.50. The number of nitrogens with one attached hydrogen (secondary N) is 1. The topological polar surface area (TPSA) is 39.1 Å². The zero-order valence-electron chi connectivity index (χ0n) is 12.2. The predicted molar refractivity (Wildman–Crippen MR) is 86.7 cm³/mol. The average Bonchev–Trinajstić information content (AvgIpc) is 3.01. The van der Waals surface area contributed by atoms with Crippen molar-refractivity contribution in [3.8, 4) is 5.75 Å². The van der Waals surface area contributed by atoms with E-state index in [9.17, 15) is 0 Å². The molecule has 0 aliphatic carbocycles. The van der Waals surface area contributed by atoms with Gasteiger partial charge in [0.05, 0.1) is 23.1 Å². The third kappa shape index (κ3) is 3.07. The molecule has 0 radical (unpaired) electrons. The van der Waals surface area contributed by atoms with Crippen LogP contribution in [0, 0.1) is 0 Å². The van der Waals surface area contributed by atoms with Crippen molar-refractivity contribution in [2.24, 2.45) is 0 Å². The van der Waals surface area contributed by atoms with E-state index < -0.39 is 0 Å². The molecular formula is C14H20BrN3OS. The number of hydrogen-bond donors (Lipinski definition) is 1. The number of thiophene rings is 1. The van der Waals surface area contributed by atoms with E-state index in [4.69, 9.17) is 4.74 Å². The van der Waals surface area contributed by atoms with Crippen molar-refractivity contribution in [3.63, 3.8) is 0 Å². The molecule has 1 unspecified atom stereocenters. The molecule has 20 heavy (non-hydrogen) atoms. The summed E-state index contributed by atoms with van der Waals surface area (Å²) in [6.07, 6.45) is 1.79. The van der Waals surface area contributed by atoms with Crippen molar-refractivity contribution >= 4 is 27.3 Å². The van der Waals surface area contributed by atoms with Crippen molar-refractivity contribution < 1.29 is 4.74 Å². The summed E-state index contributed by atoms with van der Waals surface area (Å²) in [5, 5.41) is 10.2. The molecule has 2 aromatic heterocycles. The minimum atomic E-state index is 0.0856. The average molecular weight is 358 g/mol. The van der Waals surface area contributed by atoms with E-state index in [2.05, 4.69) is 58.6 Å². The molecule has 0 saturated carbocycles. The Bertz CT molecular complexity index is 565. The first kappa shape index (κ1) is 15.5. The Morgan fingerprint density at radius 2 is 2.25 bits per heavy atom. The van der Waals surface area contributed by atoms with Gasteiger partial charge in [-0.3, -0.25) is 4.68 Å². The molecule has 0 aromatic carbocycles. The van der Waals surface area contributed by atoms with Gasteiger partial charge in [-0.25, -0.2) is 0 Å². The van der Waals surface area contributed by atoms with Gasteiger partial charge in [-0.05, 0) is 53.3 Å². The van der Waals surface area contributed by atoms with Gasteiger partial charge in [0.1, 0.15) is 5.69 Å². The molecule has 1 atom stereocenters. The highest BCUT2D eigenvalue weighted by Crippen LogP contribution is 2.34. The van der Waals surface area contributed by atoms with Crippen LogP contribution in [0.2, 0.25) is 0 Å². The zero-order valence-corrected chi connectivity index (χ0v) is 14.6. The molecule has 4 nitrogen and oxygen atoms in total. The van der Waals surface area contributed by atoms with Gasteiger partial charge in [-0.1, -0.05) is 6.92 Å². The second-order valence-electron chi connectivity index (χ2n) is 4.81. The van der Waals surface area contributed by atoms with Crippen LogP contribution in [0.1, 0.15) is 44.1 Å². The summed E-state index contributed by atoms with van der Waals surface area (Å²) in [5.74, 6) is 0.826. The Kier molecular flexibility index (Phi) is 5.23. The number of rotatable bonds is 6. The fourth-order valence-electron chi connectivity index (χ4n) is 2.25. The number of hydrogen-bond acceptors (Lipinski definition) is 4. The minimum Gasteiger partial charge on any atom is -0.493 e. The highest BCUT2D eigenvalue weighted by atomic mass is 79.9. The van der Waals surface area contributed by atoms with Gasteiger partial charge in [0, 0.05) is 6.04 Å². The first-order chi connectivity index (χ1) is 9.58. The van der Waals surface area contributed by atoms with Gasteiger partial charge in [0.15, 0.2) is 5.75 Å². The number of ether oxygens (including phenoxy) is 1. The number of nitrogens with zero attached hydrogens (tertiary/aromatic N) is 2. The van der Waals surface area contributed by atoms with Gasteiger partial charge >= 0.3 is 0 Å². The monoisotopic (exact) mass is 357 g/mol. The standard InChI is InChI=1S/C14H20BrN3OS/c1-5-16-13(10-6-12(15)20-8-10)14-11(19-4)7-17-18(14)9(2)3/h6-9,13,16H,5H2,1-4H3. The van der Waals surface area contributed by atoms with Crippen LogP contribution in [0.5, 0.6) is 5.75 Å².